The van der Waals surface area contributed by atoms with Gasteiger partial charge in [-0.2, -0.15) is 0 Å². The molecule has 1 saturated heterocycles. The third kappa shape index (κ3) is 4.35. The highest BCUT2D eigenvalue weighted by molar-refractivity contribution is 8.01. The molecular formula is C21H19N7O5S2. The van der Waals surface area contributed by atoms with Gasteiger partial charge in [0.15, 0.2) is 11.8 Å². The zero-order chi connectivity index (χ0) is 24.7. The third-order valence-electron chi connectivity index (χ3n) is 5.59. The van der Waals surface area contributed by atoms with Crippen LogP contribution in [-0.2, 0) is 14.4 Å². The summed E-state index contributed by atoms with van der Waals surface area (Å²) in [6, 6.07) is 9.41. The number of hydrogen-bond acceptors (Lipinski definition) is 10. The van der Waals surface area contributed by atoms with Crippen LogP contribution >= 0.6 is 23.5 Å². The number of aliphatic hydroxyl groups excluding tert-OH is 1. The summed E-state index contributed by atoms with van der Waals surface area (Å²) in [5, 5.41) is 38.2. The van der Waals surface area contributed by atoms with Crippen LogP contribution in [0.1, 0.15) is 17.2 Å². The quantitative estimate of drug-likeness (QED) is 0.296. The van der Waals surface area contributed by atoms with Crippen molar-refractivity contribution >= 4 is 47.0 Å². The molecule has 3 aromatic rings. The van der Waals surface area contributed by atoms with Crippen molar-refractivity contribution in [1.82, 2.24) is 35.5 Å². The Morgan fingerprint density at radius 3 is 2.91 bits per heavy atom. The first-order valence-electron chi connectivity index (χ1n) is 10.5. The maximum Gasteiger partial charge on any atom is 0.352 e. The summed E-state index contributed by atoms with van der Waals surface area (Å²) in [6.45, 7) is 1.84. The van der Waals surface area contributed by atoms with Crippen molar-refractivity contribution in [3.63, 3.8) is 0 Å². The highest BCUT2D eigenvalue weighted by Crippen LogP contribution is 2.41. The molecule has 0 saturated carbocycles. The van der Waals surface area contributed by atoms with Crippen LogP contribution in [-0.4, -0.2) is 81.1 Å². The molecule has 2 unspecified atom stereocenters. The number of amides is 2. The van der Waals surface area contributed by atoms with Gasteiger partial charge in [-0.1, -0.05) is 29.8 Å². The molecule has 3 atom stereocenters. The summed E-state index contributed by atoms with van der Waals surface area (Å²) < 4.78 is 1.28. The second-order valence-electron chi connectivity index (χ2n) is 7.96. The summed E-state index contributed by atoms with van der Waals surface area (Å²) in [7, 11) is 0. The Labute approximate surface area is 206 Å². The van der Waals surface area contributed by atoms with Gasteiger partial charge in [0.1, 0.15) is 22.1 Å². The van der Waals surface area contributed by atoms with Crippen molar-refractivity contribution in [2.75, 3.05) is 11.5 Å². The molecule has 35 heavy (non-hydrogen) atoms. The normalized spacial score (nSPS) is 20.4. The number of β-lactam (4-membered cyclic amide) rings is 1. The Kier molecular flexibility index (Phi) is 6.17. The van der Waals surface area contributed by atoms with Gasteiger partial charge in [0.25, 0.3) is 11.8 Å². The van der Waals surface area contributed by atoms with Crippen molar-refractivity contribution in [2.24, 2.45) is 0 Å². The lowest BCUT2D eigenvalue weighted by Gasteiger charge is -2.49. The van der Waals surface area contributed by atoms with E-state index < -0.39 is 35.3 Å². The van der Waals surface area contributed by atoms with Crippen LogP contribution in [0.2, 0.25) is 0 Å². The highest BCUT2D eigenvalue weighted by Gasteiger charge is 2.54. The van der Waals surface area contributed by atoms with Gasteiger partial charge in [-0.25, -0.2) is 4.79 Å². The van der Waals surface area contributed by atoms with Crippen LogP contribution < -0.4 is 5.32 Å². The number of hydrogen-bond donors (Lipinski definition) is 3. The molecule has 0 aliphatic carbocycles. The number of carbonyl (C=O) groups is 3. The zero-order valence-corrected chi connectivity index (χ0v) is 19.9. The lowest BCUT2D eigenvalue weighted by Crippen LogP contribution is -2.70. The first-order chi connectivity index (χ1) is 16.8. The Bertz CT molecular complexity index is 1380. The SMILES string of the molecule is Cc1cccc(C(O)C(=O)NC2C(=O)N3C(C(=O)O)=C(CSc4ccc5nnnn5n4)CS[C@@H]23)c1. The van der Waals surface area contributed by atoms with Crippen LogP contribution in [0, 0.1) is 6.92 Å². The van der Waals surface area contributed by atoms with E-state index in [2.05, 4.69) is 25.9 Å². The van der Waals surface area contributed by atoms with E-state index in [1.807, 2.05) is 13.0 Å². The molecule has 1 fully saturated rings. The Hall–Kier alpha value is -3.49. The van der Waals surface area contributed by atoms with E-state index >= 15 is 0 Å². The van der Waals surface area contributed by atoms with E-state index in [-0.39, 0.29) is 5.70 Å². The minimum absolute atomic E-state index is 0.0838. The van der Waals surface area contributed by atoms with Gasteiger partial charge >= 0.3 is 5.97 Å². The van der Waals surface area contributed by atoms with Crippen molar-refractivity contribution < 1.29 is 24.6 Å². The number of tetrazole rings is 1. The number of fused-ring (bicyclic) bond motifs is 2. The number of aliphatic hydroxyl groups is 1. The molecule has 0 spiro atoms. The molecule has 0 radical (unpaired) electrons. The van der Waals surface area contributed by atoms with E-state index in [1.165, 1.54) is 33.1 Å². The maximum atomic E-state index is 12.9. The molecule has 2 aliphatic rings. The molecule has 1 aromatic carbocycles. The summed E-state index contributed by atoms with van der Waals surface area (Å²) in [6.07, 6.45) is -1.43. The first kappa shape index (κ1) is 23.3. The van der Waals surface area contributed by atoms with E-state index in [0.29, 0.717) is 33.3 Å². The van der Waals surface area contributed by atoms with E-state index in [1.54, 1.807) is 30.3 Å². The lowest BCUT2D eigenvalue weighted by molar-refractivity contribution is -0.151. The molecular weight excluding hydrogens is 494 g/mol. The predicted octanol–water partition coefficient (Wildman–Crippen LogP) is 0.392. The number of carboxylic acids is 1. The summed E-state index contributed by atoms with van der Waals surface area (Å²) in [5.74, 6) is -1.79. The molecule has 2 aliphatic heterocycles. The molecule has 0 bridgehead atoms. The van der Waals surface area contributed by atoms with E-state index in [9.17, 15) is 24.6 Å². The molecule has 14 heteroatoms. The van der Waals surface area contributed by atoms with E-state index in [0.717, 1.165) is 5.56 Å². The lowest BCUT2D eigenvalue weighted by atomic mass is 10.0. The van der Waals surface area contributed by atoms with Crippen molar-refractivity contribution in [2.45, 2.75) is 29.5 Å². The summed E-state index contributed by atoms with van der Waals surface area (Å²) in [4.78, 5) is 38.7. The number of rotatable bonds is 7. The molecule has 3 N–H and O–H groups in total. The number of thioether (sulfide) groups is 2. The fourth-order valence-electron chi connectivity index (χ4n) is 3.89. The average Bonchev–Trinajstić information content (AvgIpc) is 3.32. The Morgan fingerprint density at radius 2 is 2.14 bits per heavy atom. The third-order valence-corrected chi connectivity index (χ3v) is 7.94. The number of carboxylic acid groups (broad SMARTS) is 1. The van der Waals surface area contributed by atoms with Crippen LogP contribution in [0.5, 0.6) is 0 Å². The standard InChI is InChI=1S/C21H19N7O5S2/c1-10-3-2-4-11(7-10)17(29)18(30)22-15-19(31)27-16(21(32)33)12(9-35-20(15)27)8-34-14-6-5-13-23-25-26-28(13)24-14/h2-7,15,17,20,29H,8-9H2,1H3,(H,22,30)(H,32,33)/t15?,17?,20-/m0/s1. The molecule has 5 rings (SSSR count). The fraction of sp³-hybridized carbons (Fsp3) is 0.286. The number of aliphatic carboxylic acids is 1. The number of aryl methyl sites for hydroxylation is 1. The second-order valence-corrected chi connectivity index (χ2v) is 10.1. The summed E-state index contributed by atoms with van der Waals surface area (Å²) in [5.41, 5.74) is 2.28. The Balaban J connectivity index is 1.28. The van der Waals surface area contributed by atoms with Crippen molar-refractivity contribution in [1.29, 1.82) is 0 Å². The Morgan fingerprint density at radius 1 is 1.31 bits per heavy atom. The van der Waals surface area contributed by atoms with Crippen molar-refractivity contribution in [3.8, 4) is 0 Å². The number of nitrogens with one attached hydrogen (secondary N) is 1. The number of nitrogens with zero attached hydrogens (tertiary/aromatic N) is 6. The molecule has 4 heterocycles. The molecule has 12 nitrogen and oxygen atoms in total. The number of carbonyl (C=O) groups excluding carboxylic acids is 2. The van der Waals surface area contributed by atoms with E-state index in [4.69, 9.17) is 0 Å². The average molecular weight is 514 g/mol. The van der Waals surface area contributed by atoms with Crippen LogP contribution in [0.4, 0.5) is 0 Å². The van der Waals surface area contributed by atoms with Gasteiger partial charge in [0.05, 0.1) is 0 Å². The summed E-state index contributed by atoms with van der Waals surface area (Å²) >= 11 is 2.67. The maximum absolute atomic E-state index is 12.9. The van der Waals surface area contributed by atoms with Gasteiger partial charge in [0, 0.05) is 11.5 Å². The first-order valence-corrected chi connectivity index (χ1v) is 12.5. The van der Waals surface area contributed by atoms with Gasteiger partial charge in [-0.15, -0.1) is 38.4 Å². The zero-order valence-electron chi connectivity index (χ0n) is 18.2. The van der Waals surface area contributed by atoms with Crippen molar-refractivity contribution in [3.05, 3.63) is 58.8 Å². The van der Waals surface area contributed by atoms with Crippen LogP contribution in [0.15, 0.2) is 52.7 Å². The smallest absolute Gasteiger partial charge is 0.352 e. The minimum atomic E-state index is -1.43. The van der Waals surface area contributed by atoms with Gasteiger partial charge in [0.2, 0.25) is 0 Å². The second kappa shape index (κ2) is 9.28. The molecule has 2 aromatic heterocycles. The van der Waals surface area contributed by atoms with Gasteiger partial charge < -0.3 is 15.5 Å². The highest BCUT2D eigenvalue weighted by atomic mass is 32.2. The van der Waals surface area contributed by atoms with Crippen LogP contribution in [0.25, 0.3) is 5.65 Å². The topological polar surface area (TPSA) is 163 Å². The largest absolute Gasteiger partial charge is 0.477 e. The number of aromatic nitrogens is 5. The van der Waals surface area contributed by atoms with Gasteiger partial charge in [-0.05, 0) is 40.6 Å². The van der Waals surface area contributed by atoms with Crippen LogP contribution in [0.3, 0.4) is 0 Å². The predicted molar refractivity (Wildman–Crippen MR) is 125 cm³/mol. The monoisotopic (exact) mass is 513 g/mol. The number of benzene rings is 1. The fourth-order valence-corrected chi connectivity index (χ4v) is 6.22. The minimum Gasteiger partial charge on any atom is -0.477 e. The molecule has 2 amide bonds. The van der Waals surface area contributed by atoms with Gasteiger partial charge in [-0.3, -0.25) is 14.5 Å². The molecule has 180 valence electrons.